The van der Waals surface area contributed by atoms with Gasteiger partial charge < -0.3 is 15.6 Å². The monoisotopic (exact) mass is 193 g/mol. The molecule has 0 saturated carbocycles. The van der Waals surface area contributed by atoms with Crippen LogP contribution in [0.3, 0.4) is 0 Å². The van der Waals surface area contributed by atoms with Crippen LogP contribution >= 0.6 is 0 Å². The molecule has 1 aromatic heterocycles. The molecule has 1 amide bonds. The molecule has 0 bridgehead atoms. The maximum atomic E-state index is 11.6. The molecule has 4 heteroatoms. The summed E-state index contributed by atoms with van der Waals surface area (Å²) in [4.78, 5) is 16.4. The highest BCUT2D eigenvalue weighted by molar-refractivity contribution is 5.80. The van der Waals surface area contributed by atoms with Gasteiger partial charge in [0.15, 0.2) is 0 Å². The Morgan fingerprint density at radius 2 is 2.50 bits per heavy atom. The van der Waals surface area contributed by atoms with Gasteiger partial charge in [-0.3, -0.25) is 4.79 Å². The maximum absolute atomic E-state index is 11.6. The van der Waals surface area contributed by atoms with Crippen LogP contribution in [-0.2, 0) is 4.79 Å². The second-order valence-corrected chi connectivity index (χ2v) is 3.64. The highest BCUT2D eigenvalue weighted by Crippen LogP contribution is 2.31. The topological polar surface area (TPSA) is 62.1 Å². The first-order valence-corrected chi connectivity index (χ1v) is 4.91. The minimum atomic E-state index is -0.0711. The molecule has 0 aromatic carbocycles. The van der Waals surface area contributed by atoms with Crippen molar-refractivity contribution in [3.05, 3.63) is 24.0 Å². The van der Waals surface area contributed by atoms with Crippen molar-refractivity contribution in [2.24, 2.45) is 5.73 Å². The molecule has 14 heavy (non-hydrogen) atoms. The molecule has 2 rings (SSSR count). The second kappa shape index (κ2) is 3.46. The SMILES string of the molecule is CCN1C(=O)C[C@H](N)[C@H]1c1cc[nH]c1. The Labute approximate surface area is 83.1 Å². The van der Waals surface area contributed by atoms with Crippen LogP contribution < -0.4 is 5.73 Å². The number of nitrogens with one attached hydrogen (secondary N) is 1. The number of likely N-dealkylation sites (N-methyl/N-ethyl adjacent to an activating group) is 1. The molecular weight excluding hydrogens is 178 g/mol. The number of nitrogens with zero attached hydrogens (tertiary/aromatic N) is 1. The lowest BCUT2D eigenvalue weighted by Crippen LogP contribution is -2.32. The molecule has 4 nitrogen and oxygen atoms in total. The summed E-state index contributed by atoms with van der Waals surface area (Å²) in [6, 6.07) is 1.96. The zero-order valence-electron chi connectivity index (χ0n) is 8.23. The van der Waals surface area contributed by atoms with Gasteiger partial charge in [-0.1, -0.05) is 0 Å². The number of likely N-dealkylation sites (tertiary alicyclic amines) is 1. The second-order valence-electron chi connectivity index (χ2n) is 3.64. The predicted molar refractivity (Wildman–Crippen MR) is 53.5 cm³/mol. The van der Waals surface area contributed by atoms with Crippen LogP contribution in [0.25, 0.3) is 0 Å². The standard InChI is InChI=1S/C10H15N3O/c1-2-13-9(14)5-8(11)10(13)7-3-4-12-6-7/h3-4,6,8,10,12H,2,5,11H2,1H3/t8-,10+/m0/s1. The van der Waals surface area contributed by atoms with Crippen LogP contribution in [0, 0.1) is 0 Å². The van der Waals surface area contributed by atoms with Gasteiger partial charge in [-0.25, -0.2) is 0 Å². The molecule has 0 radical (unpaired) electrons. The van der Waals surface area contributed by atoms with E-state index in [1.165, 1.54) is 0 Å². The van der Waals surface area contributed by atoms with E-state index in [0.29, 0.717) is 6.42 Å². The molecule has 2 atom stereocenters. The summed E-state index contributed by atoms with van der Waals surface area (Å²) in [6.07, 6.45) is 4.23. The average molecular weight is 193 g/mol. The first-order chi connectivity index (χ1) is 6.74. The third-order valence-electron chi connectivity index (χ3n) is 2.78. The number of hydrogen-bond acceptors (Lipinski definition) is 2. The summed E-state index contributed by atoms with van der Waals surface area (Å²) in [7, 11) is 0. The van der Waals surface area contributed by atoms with E-state index < -0.39 is 0 Å². The van der Waals surface area contributed by atoms with Gasteiger partial charge in [0.2, 0.25) is 5.91 Å². The summed E-state index contributed by atoms with van der Waals surface area (Å²) >= 11 is 0. The molecule has 0 unspecified atom stereocenters. The van der Waals surface area contributed by atoms with Crippen molar-refractivity contribution < 1.29 is 4.79 Å². The Morgan fingerprint density at radius 3 is 3.07 bits per heavy atom. The number of aromatic amines is 1. The number of carbonyl (C=O) groups excluding carboxylic acids is 1. The van der Waals surface area contributed by atoms with Crippen molar-refractivity contribution >= 4 is 5.91 Å². The number of amides is 1. The van der Waals surface area contributed by atoms with E-state index in [1.54, 1.807) is 0 Å². The summed E-state index contributed by atoms with van der Waals surface area (Å²) in [6.45, 7) is 2.71. The van der Waals surface area contributed by atoms with Gasteiger partial charge in [-0.05, 0) is 18.6 Å². The maximum Gasteiger partial charge on any atom is 0.224 e. The van der Waals surface area contributed by atoms with E-state index in [-0.39, 0.29) is 18.0 Å². The molecule has 1 saturated heterocycles. The number of hydrogen-bond donors (Lipinski definition) is 2. The lowest BCUT2D eigenvalue weighted by atomic mass is 10.0. The molecule has 1 aliphatic rings. The number of H-pyrrole nitrogens is 1. The number of rotatable bonds is 2. The van der Waals surface area contributed by atoms with Crippen LogP contribution in [0.5, 0.6) is 0 Å². The van der Waals surface area contributed by atoms with E-state index in [1.807, 2.05) is 30.3 Å². The first kappa shape index (κ1) is 9.27. The molecule has 1 aromatic rings. The van der Waals surface area contributed by atoms with Crippen molar-refractivity contribution in [2.75, 3.05) is 6.54 Å². The van der Waals surface area contributed by atoms with Crippen LogP contribution in [0.15, 0.2) is 18.5 Å². The van der Waals surface area contributed by atoms with Gasteiger partial charge in [0.05, 0.1) is 6.04 Å². The van der Waals surface area contributed by atoms with Crippen molar-refractivity contribution in [2.45, 2.75) is 25.4 Å². The third kappa shape index (κ3) is 1.32. The van der Waals surface area contributed by atoms with Gasteiger partial charge >= 0.3 is 0 Å². The molecule has 76 valence electrons. The highest BCUT2D eigenvalue weighted by atomic mass is 16.2. The van der Waals surface area contributed by atoms with E-state index in [9.17, 15) is 4.79 Å². The first-order valence-electron chi connectivity index (χ1n) is 4.91. The Kier molecular flexibility index (Phi) is 2.29. The summed E-state index contributed by atoms with van der Waals surface area (Å²) in [5.74, 6) is 0.159. The normalized spacial score (nSPS) is 27.3. The Balaban J connectivity index is 2.28. The van der Waals surface area contributed by atoms with Crippen molar-refractivity contribution in [1.29, 1.82) is 0 Å². The van der Waals surface area contributed by atoms with Gasteiger partial charge in [0, 0.05) is 31.4 Å². The van der Waals surface area contributed by atoms with E-state index in [4.69, 9.17) is 5.73 Å². The lowest BCUT2D eigenvalue weighted by molar-refractivity contribution is -0.128. The minimum Gasteiger partial charge on any atom is -0.367 e. The molecule has 0 spiro atoms. The summed E-state index contributed by atoms with van der Waals surface area (Å²) in [5, 5.41) is 0. The minimum absolute atomic E-state index is 0.0544. The fourth-order valence-electron chi connectivity index (χ4n) is 2.14. The Hall–Kier alpha value is -1.29. The molecule has 2 heterocycles. The Bertz CT molecular complexity index is 320. The summed E-state index contributed by atoms with van der Waals surface area (Å²) in [5.41, 5.74) is 7.05. The van der Waals surface area contributed by atoms with E-state index >= 15 is 0 Å². The number of carbonyl (C=O) groups is 1. The van der Waals surface area contributed by atoms with Crippen LogP contribution in [0.4, 0.5) is 0 Å². The Morgan fingerprint density at radius 1 is 1.71 bits per heavy atom. The largest absolute Gasteiger partial charge is 0.367 e. The van der Waals surface area contributed by atoms with Gasteiger partial charge in [0.1, 0.15) is 0 Å². The molecule has 3 N–H and O–H groups in total. The predicted octanol–water partition coefficient (Wildman–Crippen LogP) is 0.635. The van der Waals surface area contributed by atoms with Crippen molar-refractivity contribution in [3.8, 4) is 0 Å². The quantitative estimate of drug-likeness (QED) is 0.723. The van der Waals surface area contributed by atoms with E-state index in [2.05, 4.69) is 4.98 Å². The van der Waals surface area contributed by atoms with E-state index in [0.717, 1.165) is 12.1 Å². The molecule has 0 aliphatic carbocycles. The highest BCUT2D eigenvalue weighted by Gasteiger charge is 2.37. The number of nitrogens with two attached hydrogens (primary N) is 1. The zero-order chi connectivity index (χ0) is 10.1. The zero-order valence-corrected chi connectivity index (χ0v) is 8.23. The molecular formula is C10H15N3O. The van der Waals surface area contributed by atoms with Crippen molar-refractivity contribution in [1.82, 2.24) is 9.88 Å². The summed E-state index contributed by atoms with van der Waals surface area (Å²) < 4.78 is 0. The number of aromatic nitrogens is 1. The molecule has 1 aliphatic heterocycles. The van der Waals surface area contributed by atoms with Crippen LogP contribution in [0.1, 0.15) is 24.9 Å². The fourth-order valence-corrected chi connectivity index (χ4v) is 2.14. The fraction of sp³-hybridized carbons (Fsp3) is 0.500. The van der Waals surface area contributed by atoms with Gasteiger partial charge in [-0.2, -0.15) is 0 Å². The van der Waals surface area contributed by atoms with Gasteiger partial charge in [0.25, 0.3) is 0 Å². The van der Waals surface area contributed by atoms with Crippen LogP contribution in [0.2, 0.25) is 0 Å². The van der Waals surface area contributed by atoms with Crippen LogP contribution in [-0.4, -0.2) is 28.4 Å². The smallest absolute Gasteiger partial charge is 0.224 e. The lowest BCUT2D eigenvalue weighted by Gasteiger charge is -2.24. The molecule has 1 fully saturated rings. The third-order valence-corrected chi connectivity index (χ3v) is 2.78. The average Bonchev–Trinajstić information content (AvgIpc) is 2.72. The van der Waals surface area contributed by atoms with Crippen molar-refractivity contribution in [3.63, 3.8) is 0 Å². The van der Waals surface area contributed by atoms with Gasteiger partial charge in [-0.15, -0.1) is 0 Å².